The molecule has 4 aromatic rings. The minimum Gasteiger partial charge on any atom is -0.395 e. The van der Waals surface area contributed by atoms with E-state index in [-0.39, 0.29) is 12.2 Å². The fraction of sp³-hybridized carbons (Fsp3) is 0.222. The van der Waals surface area contributed by atoms with Gasteiger partial charge in [0.2, 0.25) is 5.78 Å². The Bertz CT molecular complexity index is 1080. The monoisotopic (exact) mass is 322 g/mol. The standard InChI is InChI=1S/C18H18N4O2/c23-12-10-19-9-11-21-15-7-3-4-8-16(15)22-17(24)13-5-1-2-6-14(13)20-18(21)22/h1-8,19,23H,9-12H2. The highest BCUT2D eigenvalue weighted by Crippen LogP contribution is 2.20. The van der Waals surface area contributed by atoms with Crippen molar-refractivity contribution in [1.29, 1.82) is 0 Å². The number of hydrogen-bond donors (Lipinski definition) is 2. The number of aliphatic hydroxyl groups excluding tert-OH is 1. The summed E-state index contributed by atoms with van der Waals surface area (Å²) in [5.41, 5.74) is 2.49. The molecule has 0 aliphatic carbocycles. The number of para-hydroxylation sites is 3. The van der Waals surface area contributed by atoms with Crippen molar-refractivity contribution in [3.63, 3.8) is 0 Å². The molecule has 6 heteroatoms. The summed E-state index contributed by atoms with van der Waals surface area (Å²) >= 11 is 0. The predicted octanol–water partition coefficient (Wildman–Crippen LogP) is 1.38. The van der Waals surface area contributed by atoms with Crippen LogP contribution in [-0.4, -0.2) is 38.8 Å². The van der Waals surface area contributed by atoms with Gasteiger partial charge in [0.1, 0.15) is 0 Å². The molecule has 0 aliphatic rings. The number of benzene rings is 2. The summed E-state index contributed by atoms with van der Waals surface area (Å²) in [6, 6.07) is 15.3. The molecule has 24 heavy (non-hydrogen) atoms. The Labute approximate surface area is 138 Å². The largest absolute Gasteiger partial charge is 0.395 e. The van der Waals surface area contributed by atoms with Crippen LogP contribution in [0.5, 0.6) is 0 Å². The van der Waals surface area contributed by atoms with E-state index in [4.69, 9.17) is 10.1 Å². The second kappa shape index (κ2) is 6.07. The summed E-state index contributed by atoms with van der Waals surface area (Å²) in [4.78, 5) is 17.7. The smallest absolute Gasteiger partial charge is 0.267 e. The van der Waals surface area contributed by atoms with E-state index in [1.807, 2.05) is 53.1 Å². The van der Waals surface area contributed by atoms with Crippen LogP contribution in [0.25, 0.3) is 27.7 Å². The fourth-order valence-corrected chi connectivity index (χ4v) is 3.12. The summed E-state index contributed by atoms with van der Waals surface area (Å²) < 4.78 is 3.73. The van der Waals surface area contributed by atoms with Crippen LogP contribution in [0.2, 0.25) is 0 Å². The first-order valence-corrected chi connectivity index (χ1v) is 8.01. The summed E-state index contributed by atoms with van der Waals surface area (Å²) in [5.74, 6) is 0.644. The van der Waals surface area contributed by atoms with Crippen molar-refractivity contribution in [2.24, 2.45) is 0 Å². The lowest BCUT2D eigenvalue weighted by atomic mass is 10.2. The highest BCUT2D eigenvalue weighted by atomic mass is 16.3. The molecule has 0 unspecified atom stereocenters. The highest BCUT2D eigenvalue weighted by Gasteiger charge is 2.14. The molecule has 2 N–H and O–H groups in total. The maximum Gasteiger partial charge on any atom is 0.267 e. The molecule has 2 aromatic heterocycles. The lowest BCUT2D eigenvalue weighted by Crippen LogP contribution is -2.23. The average Bonchev–Trinajstić information content (AvgIpc) is 2.93. The van der Waals surface area contributed by atoms with Crippen LogP contribution in [-0.2, 0) is 6.54 Å². The number of fused-ring (bicyclic) bond motifs is 4. The minimum atomic E-state index is -0.0473. The van der Waals surface area contributed by atoms with E-state index >= 15 is 0 Å². The Morgan fingerprint density at radius 3 is 2.58 bits per heavy atom. The minimum absolute atomic E-state index is 0.0473. The molecule has 2 aromatic carbocycles. The molecule has 0 aliphatic heterocycles. The first kappa shape index (κ1) is 14.9. The van der Waals surface area contributed by atoms with Gasteiger partial charge in [-0.3, -0.25) is 4.79 Å². The first-order valence-electron chi connectivity index (χ1n) is 8.01. The third-order valence-electron chi connectivity index (χ3n) is 4.21. The predicted molar refractivity (Wildman–Crippen MR) is 94.4 cm³/mol. The third-order valence-corrected chi connectivity index (χ3v) is 4.21. The zero-order chi connectivity index (χ0) is 16.5. The Morgan fingerprint density at radius 2 is 1.75 bits per heavy atom. The topological polar surface area (TPSA) is 71.6 Å². The van der Waals surface area contributed by atoms with Crippen LogP contribution in [0.1, 0.15) is 0 Å². The van der Waals surface area contributed by atoms with Crippen LogP contribution in [0.3, 0.4) is 0 Å². The molecular formula is C18H18N4O2. The molecule has 6 nitrogen and oxygen atoms in total. The summed E-state index contributed by atoms with van der Waals surface area (Å²) in [6.07, 6.45) is 0. The van der Waals surface area contributed by atoms with Crippen molar-refractivity contribution in [1.82, 2.24) is 19.3 Å². The SMILES string of the molecule is O=c1c2ccccc2nc2n(CCNCCO)c3ccccc3n12. The van der Waals surface area contributed by atoms with E-state index in [9.17, 15) is 4.79 Å². The molecule has 0 radical (unpaired) electrons. The van der Waals surface area contributed by atoms with Gasteiger partial charge in [0.25, 0.3) is 5.56 Å². The molecule has 0 saturated carbocycles. The highest BCUT2D eigenvalue weighted by molar-refractivity contribution is 5.85. The Balaban J connectivity index is 2.00. The van der Waals surface area contributed by atoms with Gasteiger partial charge >= 0.3 is 0 Å². The number of rotatable bonds is 5. The number of imidazole rings is 1. The van der Waals surface area contributed by atoms with E-state index in [2.05, 4.69) is 5.32 Å². The van der Waals surface area contributed by atoms with Gasteiger partial charge in [-0.15, -0.1) is 0 Å². The molecule has 0 spiro atoms. The second-order valence-electron chi connectivity index (χ2n) is 5.68. The number of nitrogens with one attached hydrogen (secondary N) is 1. The van der Waals surface area contributed by atoms with Crippen molar-refractivity contribution in [3.05, 3.63) is 58.9 Å². The van der Waals surface area contributed by atoms with Crippen LogP contribution >= 0.6 is 0 Å². The van der Waals surface area contributed by atoms with Crippen LogP contribution in [0, 0.1) is 0 Å². The molecule has 0 bridgehead atoms. The van der Waals surface area contributed by atoms with E-state index in [1.54, 1.807) is 4.40 Å². The number of aliphatic hydroxyl groups is 1. The van der Waals surface area contributed by atoms with E-state index < -0.39 is 0 Å². The molecule has 2 heterocycles. The van der Waals surface area contributed by atoms with Gasteiger partial charge < -0.3 is 15.0 Å². The maximum absolute atomic E-state index is 13.0. The normalized spacial score (nSPS) is 11.7. The molecular weight excluding hydrogens is 304 g/mol. The summed E-state index contributed by atoms with van der Waals surface area (Å²) in [7, 11) is 0. The Kier molecular flexibility index (Phi) is 3.76. The van der Waals surface area contributed by atoms with Crippen molar-refractivity contribution >= 4 is 27.7 Å². The molecule has 4 rings (SSSR count). The molecule has 0 fully saturated rings. The zero-order valence-corrected chi connectivity index (χ0v) is 13.1. The fourth-order valence-electron chi connectivity index (χ4n) is 3.12. The average molecular weight is 322 g/mol. The van der Waals surface area contributed by atoms with E-state index in [1.165, 1.54) is 0 Å². The molecule has 0 atom stereocenters. The van der Waals surface area contributed by atoms with Crippen LogP contribution in [0.15, 0.2) is 53.3 Å². The first-order chi connectivity index (χ1) is 11.8. The van der Waals surface area contributed by atoms with E-state index in [0.29, 0.717) is 36.3 Å². The quantitative estimate of drug-likeness (QED) is 0.545. The molecule has 0 amide bonds. The van der Waals surface area contributed by atoms with Crippen molar-refractivity contribution in [2.75, 3.05) is 19.7 Å². The lowest BCUT2D eigenvalue weighted by Gasteiger charge is -2.07. The van der Waals surface area contributed by atoms with Gasteiger partial charge in [-0.25, -0.2) is 9.38 Å². The van der Waals surface area contributed by atoms with Crippen molar-refractivity contribution in [3.8, 4) is 0 Å². The van der Waals surface area contributed by atoms with Crippen molar-refractivity contribution < 1.29 is 5.11 Å². The van der Waals surface area contributed by atoms with Crippen LogP contribution in [0.4, 0.5) is 0 Å². The molecule has 122 valence electrons. The van der Waals surface area contributed by atoms with Gasteiger partial charge in [0, 0.05) is 19.6 Å². The lowest BCUT2D eigenvalue weighted by molar-refractivity contribution is 0.291. The van der Waals surface area contributed by atoms with Gasteiger partial charge in [0.05, 0.1) is 28.5 Å². The van der Waals surface area contributed by atoms with Gasteiger partial charge in [0.15, 0.2) is 0 Å². The summed E-state index contributed by atoms with van der Waals surface area (Å²) in [6.45, 7) is 2.02. The molecule has 0 saturated heterocycles. The Morgan fingerprint density at radius 1 is 1.00 bits per heavy atom. The van der Waals surface area contributed by atoms with Gasteiger partial charge in [-0.1, -0.05) is 24.3 Å². The van der Waals surface area contributed by atoms with Crippen LogP contribution < -0.4 is 10.9 Å². The van der Waals surface area contributed by atoms with Crippen molar-refractivity contribution in [2.45, 2.75) is 6.54 Å². The maximum atomic E-state index is 13.0. The second-order valence-corrected chi connectivity index (χ2v) is 5.68. The number of aromatic nitrogens is 3. The zero-order valence-electron chi connectivity index (χ0n) is 13.1. The third kappa shape index (κ3) is 2.28. The Hall–Kier alpha value is -2.70. The van der Waals surface area contributed by atoms with E-state index in [0.717, 1.165) is 11.0 Å². The number of hydrogen-bond acceptors (Lipinski definition) is 4. The van der Waals surface area contributed by atoms with Gasteiger partial charge in [-0.05, 0) is 24.3 Å². The number of nitrogens with zero attached hydrogens (tertiary/aromatic N) is 3. The van der Waals surface area contributed by atoms with Gasteiger partial charge in [-0.2, -0.15) is 0 Å². The summed E-state index contributed by atoms with van der Waals surface area (Å²) in [5, 5.41) is 12.7.